The van der Waals surface area contributed by atoms with Gasteiger partial charge in [-0.25, -0.2) is 9.28 Å². The van der Waals surface area contributed by atoms with E-state index in [4.69, 9.17) is 0 Å². The Morgan fingerprint density at radius 2 is 1.91 bits per heavy atom. The molecule has 8 heteroatoms. The molecule has 2 heterocycles. The Labute approximate surface area is 127 Å². The highest BCUT2D eigenvalue weighted by atomic mass is 16.5. The number of esters is 1. The molecule has 2 amide bonds. The molecular formula is C14H21N2O6+. The van der Waals surface area contributed by atoms with Crippen molar-refractivity contribution in [2.45, 2.75) is 32.4 Å². The highest BCUT2D eigenvalue weighted by molar-refractivity contribution is 6.17. The van der Waals surface area contributed by atoms with Gasteiger partial charge in [0.05, 0.1) is 19.1 Å². The van der Waals surface area contributed by atoms with Gasteiger partial charge in [0.25, 0.3) is 5.91 Å². The number of hydrogen-bond acceptors (Lipinski definition) is 5. The maximum absolute atomic E-state index is 12.0. The number of fused-ring (bicyclic) bond motifs is 1. The second-order valence-corrected chi connectivity index (χ2v) is 6.72. The topological polar surface area (TPSA) is 113 Å². The molecule has 0 aromatic rings. The van der Waals surface area contributed by atoms with Crippen LogP contribution in [-0.2, 0) is 14.3 Å². The molecule has 1 saturated heterocycles. The number of carbonyl (C=O) groups is 3. The Balaban J connectivity index is 2.47. The van der Waals surface area contributed by atoms with E-state index >= 15 is 0 Å². The van der Waals surface area contributed by atoms with Crippen LogP contribution in [0.2, 0.25) is 0 Å². The molecule has 2 rings (SSSR count). The average molecular weight is 313 g/mol. The number of carboxylic acid groups (broad SMARTS) is 1. The van der Waals surface area contributed by atoms with E-state index in [2.05, 4.69) is 10.1 Å². The van der Waals surface area contributed by atoms with Crippen LogP contribution in [0.15, 0.2) is 11.3 Å². The molecule has 0 spiro atoms. The highest BCUT2D eigenvalue weighted by Crippen LogP contribution is 2.39. The van der Waals surface area contributed by atoms with Gasteiger partial charge < -0.3 is 20.3 Å². The Kier molecular flexibility index (Phi) is 3.68. The van der Waals surface area contributed by atoms with Crippen molar-refractivity contribution in [3.8, 4) is 0 Å². The van der Waals surface area contributed by atoms with Crippen LogP contribution in [0.4, 0.5) is 4.79 Å². The summed E-state index contributed by atoms with van der Waals surface area (Å²) in [5.41, 5.74) is -1.07. The number of quaternary nitrogens is 1. The standard InChI is InChI=1S/C14H20N2O6/c1-14(2,3)16(13(20)21)5-7-8(6-16)15-11(18)9(10(7)17)12(19)22-4/h7-8H,5-6H2,1-4H3,(H2-,15,17,18,19,20,21)/p+1/t7-,8-,16?/m0/s1. The van der Waals surface area contributed by atoms with E-state index in [0.717, 1.165) is 7.11 Å². The maximum Gasteiger partial charge on any atom is 0.514 e. The number of likely N-dealkylation sites (tertiary alicyclic amines) is 1. The van der Waals surface area contributed by atoms with Crippen LogP contribution >= 0.6 is 0 Å². The average Bonchev–Trinajstić information content (AvgIpc) is 2.79. The van der Waals surface area contributed by atoms with Crippen molar-refractivity contribution in [3.63, 3.8) is 0 Å². The first-order valence-electron chi connectivity index (χ1n) is 6.98. The van der Waals surface area contributed by atoms with Gasteiger partial charge in [0, 0.05) is 0 Å². The smallest absolute Gasteiger partial charge is 0.511 e. The number of carbonyl (C=O) groups excluding carboxylic acids is 2. The molecule has 3 N–H and O–H groups in total. The minimum absolute atomic E-state index is 0.0934. The summed E-state index contributed by atoms with van der Waals surface area (Å²) in [7, 11) is 1.11. The predicted molar refractivity (Wildman–Crippen MR) is 74.9 cm³/mol. The van der Waals surface area contributed by atoms with E-state index in [1.54, 1.807) is 20.8 Å². The fourth-order valence-corrected chi connectivity index (χ4v) is 3.26. The third kappa shape index (κ3) is 2.14. The van der Waals surface area contributed by atoms with Gasteiger partial charge in [-0.1, -0.05) is 0 Å². The van der Waals surface area contributed by atoms with Gasteiger partial charge in [-0.05, 0) is 20.8 Å². The van der Waals surface area contributed by atoms with Gasteiger partial charge in [-0.15, -0.1) is 0 Å². The zero-order chi connectivity index (χ0) is 16.9. The summed E-state index contributed by atoms with van der Waals surface area (Å²) in [6.45, 7) is 5.62. The Bertz CT molecular complexity index is 576. The fraction of sp³-hybridized carbons (Fsp3) is 0.643. The van der Waals surface area contributed by atoms with E-state index in [1.807, 2.05) is 0 Å². The monoisotopic (exact) mass is 313 g/mol. The van der Waals surface area contributed by atoms with Crippen LogP contribution in [0.3, 0.4) is 0 Å². The van der Waals surface area contributed by atoms with Crippen LogP contribution in [0.5, 0.6) is 0 Å². The zero-order valence-corrected chi connectivity index (χ0v) is 13.0. The summed E-state index contributed by atoms with van der Waals surface area (Å²) in [4.78, 5) is 35.5. The lowest BCUT2D eigenvalue weighted by Crippen LogP contribution is -2.62. The molecule has 122 valence electrons. The lowest BCUT2D eigenvalue weighted by atomic mass is 9.93. The van der Waals surface area contributed by atoms with Gasteiger partial charge in [-0.3, -0.25) is 4.79 Å². The summed E-state index contributed by atoms with van der Waals surface area (Å²) < 4.78 is 4.20. The predicted octanol–water partition coefficient (Wildman–Crippen LogP) is 0.393. The van der Waals surface area contributed by atoms with Crippen LogP contribution in [0.25, 0.3) is 0 Å². The van der Waals surface area contributed by atoms with Gasteiger partial charge in [0.15, 0.2) is 5.57 Å². The summed E-state index contributed by atoms with van der Waals surface area (Å²) in [6, 6.07) is -0.531. The summed E-state index contributed by atoms with van der Waals surface area (Å²) in [6.07, 6.45) is -1.02. The second-order valence-electron chi connectivity index (χ2n) is 6.72. The van der Waals surface area contributed by atoms with E-state index in [9.17, 15) is 24.6 Å². The zero-order valence-electron chi connectivity index (χ0n) is 13.0. The first-order valence-corrected chi connectivity index (χ1v) is 6.98. The molecule has 0 aliphatic carbocycles. The quantitative estimate of drug-likeness (QED) is 0.367. The first-order chi connectivity index (χ1) is 10.0. The first kappa shape index (κ1) is 16.3. The number of aliphatic hydroxyl groups is 1. The molecular weight excluding hydrogens is 292 g/mol. The van der Waals surface area contributed by atoms with Gasteiger partial charge in [0.1, 0.15) is 24.4 Å². The number of ether oxygens (including phenoxy) is 1. The van der Waals surface area contributed by atoms with E-state index in [0.29, 0.717) is 0 Å². The molecule has 1 unspecified atom stereocenters. The van der Waals surface area contributed by atoms with Crippen LogP contribution in [-0.4, -0.2) is 64.4 Å². The van der Waals surface area contributed by atoms with E-state index in [1.165, 1.54) is 0 Å². The summed E-state index contributed by atoms with van der Waals surface area (Å²) in [5.74, 6) is -2.66. The van der Waals surface area contributed by atoms with Gasteiger partial charge in [0.2, 0.25) is 0 Å². The molecule has 2 aliphatic rings. The van der Waals surface area contributed by atoms with Gasteiger partial charge in [-0.2, -0.15) is 4.79 Å². The fourth-order valence-electron chi connectivity index (χ4n) is 3.26. The van der Waals surface area contributed by atoms with Crippen molar-refractivity contribution >= 4 is 18.0 Å². The third-order valence-corrected chi connectivity index (χ3v) is 4.69. The molecule has 8 nitrogen and oxygen atoms in total. The summed E-state index contributed by atoms with van der Waals surface area (Å²) in [5, 5.41) is 22.6. The van der Waals surface area contributed by atoms with Crippen LogP contribution in [0.1, 0.15) is 20.8 Å². The number of hydrogen-bond donors (Lipinski definition) is 3. The number of amides is 2. The number of aliphatic hydroxyl groups excluding tert-OH is 1. The molecule has 3 atom stereocenters. The Morgan fingerprint density at radius 3 is 2.36 bits per heavy atom. The van der Waals surface area contributed by atoms with Crippen molar-refractivity contribution in [2.75, 3.05) is 20.2 Å². The van der Waals surface area contributed by atoms with Crippen molar-refractivity contribution in [3.05, 3.63) is 11.3 Å². The molecule has 0 aromatic heterocycles. The molecule has 22 heavy (non-hydrogen) atoms. The van der Waals surface area contributed by atoms with E-state index in [-0.39, 0.29) is 23.3 Å². The number of nitrogens with zero attached hydrogens (tertiary/aromatic N) is 1. The van der Waals surface area contributed by atoms with Crippen molar-refractivity contribution in [1.82, 2.24) is 5.32 Å². The normalized spacial score (nSPS) is 31.5. The molecule has 0 bridgehead atoms. The van der Waals surface area contributed by atoms with Crippen molar-refractivity contribution < 1.29 is 33.8 Å². The van der Waals surface area contributed by atoms with E-state index < -0.39 is 41.0 Å². The largest absolute Gasteiger partial charge is 0.514 e. The molecule has 0 radical (unpaired) electrons. The van der Waals surface area contributed by atoms with Crippen LogP contribution in [0, 0.1) is 5.92 Å². The van der Waals surface area contributed by atoms with Gasteiger partial charge >= 0.3 is 12.1 Å². The maximum atomic E-state index is 12.0. The Hall–Kier alpha value is -2.09. The molecule has 2 aliphatic heterocycles. The summed E-state index contributed by atoms with van der Waals surface area (Å²) >= 11 is 0. The molecule has 0 aromatic carbocycles. The minimum Gasteiger partial charge on any atom is -0.511 e. The SMILES string of the molecule is COC(=O)C1=C(O)[C@H]2C[N+](C(=O)O)(C(C)(C)C)C[C@@H]2NC1=O. The number of rotatable bonds is 1. The number of nitrogens with one attached hydrogen (secondary N) is 1. The molecule has 1 fully saturated rings. The van der Waals surface area contributed by atoms with Crippen molar-refractivity contribution in [1.29, 1.82) is 0 Å². The molecule has 0 saturated carbocycles. The van der Waals surface area contributed by atoms with Crippen molar-refractivity contribution in [2.24, 2.45) is 5.92 Å². The van der Waals surface area contributed by atoms with Crippen LogP contribution < -0.4 is 5.32 Å². The lowest BCUT2D eigenvalue weighted by Gasteiger charge is -2.40. The Morgan fingerprint density at radius 1 is 1.32 bits per heavy atom. The second kappa shape index (κ2) is 4.98. The highest BCUT2D eigenvalue weighted by Gasteiger charge is 2.60. The lowest BCUT2D eigenvalue weighted by molar-refractivity contribution is -0.893. The number of methoxy groups -OCH3 is 1. The minimum atomic E-state index is -1.02. The third-order valence-electron chi connectivity index (χ3n) is 4.69.